The second-order valence-corrected chi connectivity index (χ2v) is 6.15. The molecule has 0 heterocycles. The highest BCUT2D eigenvalue weighted by molar-refractivity contribution is 9.10. The maximum atomic E-state index is 11.9. The van der Waals surface area contributed by atoms with Crippen molar-refractivity contribution in [2.24, 2.45) is 0 Å². The van der Waals surface area contributed by atoms with Gasteiger partial charge in [-0.05, 0) is 47.5 Å². The van der Waals surface area contributed by atoms with E-state index in [9.17, 15) is 4.79 Å². The third kappa shape index (κ3) is 4.46. The van der Waals surface area contributed by atoms with E-state index in [1.165, 1.54) is 0 Å². The molecule has 1 N–H and O–H groups in total. The Morgan fingerprint density at radius 2 is 1.46 bits per heavy atom. The first-order valence-corrected chi connectivity index (χ1v) is 8.34. The third-order valence-corrected chi connectivity index (χ3v) is 3.99. The molecule has 1 amide bonds. The Balaban J connectivity index is 1.54. The monoisotopic (exact) mass is 381 g/mol. The molecule has 0 radical (unpaired) electrons. The fourth-order valence-electron chi connectivity index (χ4n) is 2.25. The Morgan fingerprint density at radius 3 is 2.12 bits per heavy atom. The summed E-state index contributed by atoms with van der Waals surface area (Å²) in [4.78, 5) is 11.9. The first-order valence-electron chi connectivity index (χ1n) is 7.54. The van der Waals surface area contributed by atoms with E-state index < -0.39 is 0 Å². The number of anilines is 1. The van der Waals surface area contributed by atoms with E-state index in [0.29, 0.717) is 5.75 Å². The second kappa shape index (κ2) is 7.79. The summed E-state index contributed by atoms with van der Waals surface area (Å²) in [5, 5.41) is 2.79. The van der Waals surface area contributed by atoms with Crippen LogP contribution in [0.5, 0.6) is 5.75 Å². The quantitative estimate of drug-likeness (QED) is 0.664. The molecule has 3 rings (SSSR count). The molecule has 4 heteroatoms. The van der Waals surface area contributed by atoms with Crippen molar-refractivity contribution in [3.63, 3.8) is 0 Å². The number of ether oxygens (including phenoxy) is 1. The summed E-state index contributed by atoms with van der Waals surface area (Å²) in [7, 11) is 0. The summed E-state index contributed by atoms with van der Waals surface area (Å²) in [6.45, 7) is -0.0270. The molecule has 0 bridgehead atoms. The van der Waals surface area contributed by atoms with Crippen LogP contribution in [0.2, 0.25) is 0 Å². The average molecular weight is 382 g/mol. The fraction of sp³-hybridized carbons (Fsp3) is 0.0500. The number of hydrogen-bond acceptors (Lipinski definition) is 2. The summed E-state index contributed by atoms with van der Waals surface area (Å²) in [5.41, 5.74) is 3.01. The van der Waals surface area contributed by atoms with Gasteiger partial charge in [0.1, 0.15) is 5.75 Å². The van der Waals surface area contributed by atoms with E-state index >= 15 is 0 Å². The second-order valence-electron chi connectivity index (χ2n) is 5.23. The van der Waals surface area contributed by atoms with Gasteiger partial charge in [0.2, 0.25) is 0 Å². The predicted molar refractivity (Wildman–Crippen MR) is 100 cm³/mol. The molecule has 0 aliphatic carbocycles. The maximum absolute atomic E-state index is 11.9. The van der Waals surface area contributed by atoms with E-state index in [4.69, 9.17) is 4.74 Å². The topological polar surface area (TPSA) is 38.3 Å². The molecule has 3 aromatic carbocycles. The highest BCUT2D eigenvalue weighted by atomic mass is 79.9. The Labute approximate surface area is 149 Å². The van der Waals surface area contributed by atoms with Crippen LogP contribution in [0.1, 0.15) is 0 Å². The highest BCUT2D eigenvalue weighted by Gasteiger charge is 2.04. The van der Waals surface area contributed by atoms with Crippen LogP contribution in [0.15, 0.2) is 83.3 Å². The summed E-state index contributed by atoms with van der Waals surface area (Å²) in [5.74, 6) is 0.477. The van der Waals surface area contributed by atoms with Gasteiger partial charge in [-0.3, -0.25) is 4.79 Å². The van der Waals surface area contributed by atoms with Gasteiger partial charge in [-0.15, -0.1) is 0 Å². The first kappa shape index (κ1) is 16.3. The normalized spacial score (nSPS) is 10.2. The highest BCUT2D eigenvalue weighted by Crippen LogP contribution is 2.22. The number of rotatable bonds is 5. The number of amides is 1. The lowest BCUT2D eigenvalue weighted by atomic mass is 10.1. The van der Waals surface area contributed by atoms with Gasteiger partial charge in [0, 0.05) is 10.2 Å². The molecule has 3 nitrogen and oxygen atoms in total. The molecule has 0 atom stereocenters. The van der Waals surface area contributed by atoms with Crippen molar-refractivity contribution in [3.05, 3.63) is 83.3 Å². The lowest BCUT2D eigenvalue weighted by Gasteiger charge is -2.08. The number of carbonyl (C=O) groups is 1. The fourth-order valence-corrected chi connectivity index (χ4v) is 2.52. The van der Waals surface area contributed by atoms with Crippen molar-refractivity contribution in [2.75, 3.05) is 11.9 Å². The van der Waals surface area contributed by atoms with Crippen LogP contribution >= 0.6 is 15.9 Å². The van der Waals surface area contributed by atoms with Crippen molar-refractivity contribution < 1.29 is 9.53 Å². The van der Waals surface area contributed by atoms with Crippen molar-refractivity contribution in [2.45, 2.75) is 0 Å². The van der Waals surface area contributed by atoms with E-state index in [-0.39, 0.29) is 12.5 Å². The third-order valence-electron chi connectivity index (χ3n) is 3.46. The van der Waals surface area contributed by atoms with Gasteiger partial charge in [0.15, 0.2) is 6.61 Å². The molecule has 0 aliphatic heterocycles. The van der Waals surface area contributed by atoms with E-state index in [0.717, 1.165) is 21.3 Å². The Morgan fingerprint density at radius 1 is 0.833 bits per heavy atom. The van der Waals surface area contributed by atoms with Crippen LogP contribution in [0, 0.1) is 0 Å². The van der Waals surface area contributed by atoms with Gasteiger partial charge in [-0.25, -0.2) is 0 Å². The molecule has 24 heavy (non-hydrogen) atoms. The molecular formula is C20H16BrNO2. The molecule has 0 aliphatic rings. The number of halogens is 1. The van der Waals surface area contributed by atoms with Crippen molar-refractivity contribution in [3.8, 4) is 16.9 Å². The number of nitrogens with one attached hydrogen (secondary N) is 1. The molecule has 0 unspecified atom stereocenters. The van der Waals surface area contributed by atoms with E-state index in [2.05, 4.69) is 33.4 Å². The van der Waals surface area contributed by atoms with Crippen molar-refractivity contribution >= 4 is 27.5 Å². The lowest BCUT2D eigenvalue weighted by molar-refractivity contribution is -0.118. The van der Waals surface area contributed by atoms with Crippen LogP contribution in [-0.4, -0.2) is 12.5 Å². The summed E-state index contributed by atoms with van der Waals surface area (Å²) in [6.07, 6.45) is 0. The van der Waals surface area contributed by atoms with E-state index in [1.54, 1.807) is 0 Å². The molecule has 0 saturated heterocycles. The maximum Gasteiger partial charge on any atom is 0.262 e. The largest absolute Gasteiger partial charge is 0.484 e. The average Bonchev–Trinajstić information content (AvgIpc) is 2.63. The lowest BCUT2D eigenvalue weighted by Crippen LogP contribution is -2.20. The summed E-state index contributed by atoms with van der Waals surface area (Å²) in [6, 6.07) is 25.2. The standard InChI is InChI=1S/C20H16BrNO2/c21-17-8-10-18(11-9-17)22-20(23)14-24-19-12-6-16(7-13-19)15-4-2-1-3-5-15/h1-13H,14H2,(H,22,23). The molecule has 3 aromatic rings. The predicted octanol–water partition coefficient (Wildman–Crippen LogP) is 5.13. The Hall–Kier alpha value is -2.59. The Kier molecular flexibility index (Phi) is 5.29. The smallest absolute Gasteiger partial charge is 0.262 e. The van der Waals surface area contributed by atoms with Crippen LogP contribution in [0.4, 0.5) is 5.69 Å². The summed E-state index contributed by atoms with van der Waals surface area (Å²) >= 11 is 3.36. The summed E-state index contributed by atoms with van der Waals surface area (Å²) < 4.78 is 6.50. The van der Waals surface area contributed by atoms with Crippen LogP contribution in [0.25, 0.3) is 11.1 Å². The number of hydrogen-bond donors (Lipinski definition) is 1. The molecular weight excluding hydrogens is 366 g/mol. The van der Waals surface area contributed by atoms with Crippen LogP contribution < -0.4 is 10.1 Å². The van der Waals surface area contributed by atoms with Gasteiger partial charge in [0.05, 0.1) is 0 Å². The van der Waals surface area contributed by atoms with Gasteiger partial charge in [-0.2, -0.15) is 0 Å². The first-order chi connectivity index (χ1) is 11.7. The zero-order valence-corrected chi connectivity index (χ0v) is 14.5. The molecule has 0 aromatic heterocycles. The van der Waals surface area contributed by atoms with Gasteiger partial charge >= 0.3 is 0 Å². The van der Waals surface area contributed by atoms with Gasteiger partial charge < -0.3 is 10.1 Å². The van der Waals surface area contributed by atoms with Crippen molar-refractivity contribution in [1.82, 2.24) is 0 Å². The van der Waals surface area contributed by atoms with Gasteiger partial charge in [0.25, 0.3) is 5.91 Å². The minimum Gasteiger partial charge on any atom is -0.484 e. The molecule has 0 spiro atoms. The minimum absolute atomic E-state index is 0.0270. The number of benzene rings is 3. The zero-order chi connectivity index (χ0) is 16.8. The Bertz CT molecular complexity index is 799. The number of carbonyl (C=O) groups excluding carboxylic acids is 1. The molecule has 120 valence electrons. The van der Waals surface area contributed by atoms with Crippen LogP contribution in [0.3, 0.4) is 0 Å². The minimum atomic E-state index is -0.190. The van der Waals surface area contributed by atoms with E-state index in [1.807, 2.05) is 66.7 Å². The zero-order valence-electron chi connectivity index (χ0n) is 12.9. The molecule has 0 saturated carbocycles. The molecule has 0 fully saturated rings. The van der Waals surface area contributed by atoms with Crippen molar-refractivity contribution in [1.29, 1.82) is 0 Å². The van der Waals surface area contributed by atoms with Gasteiger partial charge in [-0.1, -0.05) is 58.4 Å². The van der Waals surface area contributed by atoms with Crippen LogP contribution in [-0.2, 0) is 4.79 Å². The SMILES string of the molecule is O=C(COc1ccc(-c2ccccc2)cc1)Nc1ccc(Br)cc1.